The summed E-state index contributed by atoms with van der Waals surface area (Å²) < 4.78 is 18.7. The van der Waals surface area contributed by atoms with Crippen molar-refractivity contribution in [1.29, 1.82) is 0 Å². The molecule has 130 valence electrons. The van der Waals surface area contributed by atoms with Crippen molar-refractivity contribution in [1.82, 2.24) is 0 Å². The van der Waals surface area contributed by atoms with Gasteiger partial charge in [0.15, 0.2) is 5.78 Å². The summed E-state index contributed by atoms with van der Waals surface area (Å²) in [4.78, 5) is 25.0. The smallest absolute Gasteiger partial charge is 0.235 e. The maximum atomic E-state index is 13.3. The summed E-state index contributed by atoms with van der Waals surface area (Å²) in [6, 6.07) is 13.0. The molecule has 0 spiro atoms. The molecule has 1 aliphatic rings. The second-order valence-corrected chi connectivity index (χ2v) is 6.26. The van der Waals surface area contributed by atoms with Crippen molar-refractivity contribution in [2.24, 2.45) is 0 Å². The van der Waals surface area contributed by atoms with Crippen molar-refractivity contribution in [2.45, 2.75) is 25.2 Å². The molecule has 1 fully saturated rings. The van der Waals surface area contributed by atoms with Crippen LogP contribution in [0.1, 0.15) is 35.7 Å². The van der Waals surface area contributed by atoms with Crippen LogP contribution in [0.3, 0.4) is 0 Å². The van der Waals surface area contributed by atoms with Crippen LogP contribution >= 0.6 is 0 Å². The minimum absolute atomic E-state index is 0.112. The van der Waals surface area contributed by atoms with E-state index in [9.17, 15) is 14.0 Å². The number of benzene rings is 2. The van der Waals surface area contributed by atoms with Gasteiger partial charge in [0.1, 0.15) is 5.82 Å². The lowest BCUT2D eigenvalue weighted by atomic mass is 9.73. The predicted octanol–water partition coefficient (Wildman–Crippen LogP) is 3.72. The van der Waals surface area contributed by atoms with Crippen molar-refractivity contribution in [3.05, 3.63) is 65.5 Å². The highest BCUT2D eigenvalue weighted by Gasteiger charge is 2.42. The van der Waals surface area contributed by atoms with E-state index in [-0.39, 0.29) is 17.5 Å². The van der Waals surface area contributed by atoms with Gasteiger partial charge in [-0.05, 0) is 49.6 Å². The van der Waals surface area contributed by atoms with Crippen LogP contribution in [-0.4, -0.2) is 24.9 Å². The number of Topliss-reactive ketones (excluding diaryl/α,β-unsaturated/α-hetero) is 1. The van der Waals surface area contributed by atoms with E-state index in [1.807, 2.05) is 0 Å². The highest BCUT2D eigenvalue weighted by Crippen LogP contribution is 2.36. The Morgan fingerprint density at radius 2 is 1.68 bits per heavy atom. The Morgan fingerprint density at radius 1 is 1.04 bits per heavy atom. The number of carbonyl (C=O) groups excluding carboxylic acids is 2. The number of ketones is 1. The summed E-state index contributed by atoms with van der Waals surface area (Å²) in [5.41, 5.74) is 0.927. The molecule has 1 saturated heterocycles. The predicted molar refractivity (Wildman–Crippen MR) is 93.2 cm³/mol. The zero-order valence-corrected chi connectivity index (χ0v) is 14.0. The monoisotopic (exact) mass is 341 g/mol. The second-order valence-electron chi connectivity index (χ2n) is 6.26. The van der Waals surface area contributed by atoms with Crippen LogP contribution in [0.5, 0.6) is 0 Å². The molecule has 4 nitrogen and oxygen atoms in total. The lowest BCUT2D eigenvalue weighted by Crippen LogP contribution is -2.45. The van der Waals surface area contributed by atoms with E-state index in [2.05, 4.69) is 5.32 Å². The molecule has 0 aliphatic carbocycles. The molecule has 25 heavy (non-hydrogen) atoms. The molecule has 0 radical (unpaired) electrons. The van der Waals surface area contributed by atoms with Crippen LogP contribution in [-0.2, 0) is 14.9 Å². The molecule has 1 N–H and O–H groups in total. The first-order valence-corrected chi connectivity index (χ1v) is 8.28. The van der Waals surface area contributed by atoms with Crippen LogP contribution in [0, 0.1) is 5.82 Å². The van der Waals surface area contributed by atoms with Gasteiger partial charge in [-0.25, -0.2) is 4.39 Å². The van der Waals surface area contributed by atoms with E-state index in [0.717, 1.165) is 5.56 Å². The topological polar surface area (TPSA) is 55.4 Å². The van der Waals surface area contributed by atoms with Gasteiger partial charge in [0.2, 0.25) is 5.91 Å². The summed E-state index contributed by atoms with van der Waals surface area (Å²) in [6.07, 6.45) is 1.01. The molecule has 2 aromatic carbocycles. The number of hydrogen-bond donors (Lipinski definition) is 1. The molecule has 0 unspecified atom stereocenters. The van der Waals surface area contributed by atoms with Crippen LogP contribution < -0.4 is 5.32 Å². The third-order valence-corrected chi connectivity index (χ3v) is 4.73. The molecule has 3 rings (SSSR count). The number of anilines is 1. The third kappa shape index (κ3) is 3.46. The maximum absolute atomic E-state index is 13.3. The van der Waals surface area contributed by atoms with E-state index >= 15 is 0 Å². The van der Waals surface area contributed by atoms with Gasteiger partial charge >= 0.3 is 0 Å². The van der Waals surface area contributed by atoms with E-state index in [1.165, 1.54) is 19.1 Å². The minimum Gasteiger partial charge on any atom is -0.381 e. The van der Waals surface area contributed by atoms with Gasteiger partial charge in [0.25, 0.3) is 0 Å². The van der Waals surface area contributed by atoms with Gasteiger partial charge in [-0.1, -0.05) is 24.3 Å². The molecule has 1 amide bonds. The molecular formula is C20H20FNO3. The Labute approximate surface area is 146 Å². The standard InChI is InChI=1S/C20H20FNO3/c1-14(23)17-4-2-3-5-18(17)22-19(24)20(10-12-25-13-11-20)15-6-8-16(21)9-7-15/h2-9H,10-13H2,1H3,(H,22,24). The van der Waals surface area contributed by atoms with Crippen molar-refractivity contribution >= 4 is 17.4 Å². The van der Waals surface area contributed by atoms with Gasteiger partial charge in [0, 0.05) is 18.8 Å². The van der Waals surface area contributed by atoms with Crippen molar-refractivity contribution in [3.8, 4) is 0 Å². The van der Waals surface area contributed by atoms with Crippen LogP contribution in [0.2, 0.25) is 0 Å². The number of amides is 1. The molecular weight excluding hydrogens is 321 g/mol. The maximum Gasteiger partial charge on any atom is 0.235 e. The fourth-order valence-corrected chi connectivity index (χ4v) is 3.28. The average molecular weight is 341 g/mol. The zero-order valence-electron chi connectivity index (χ0n) is 14.0. The molecule has 5 heteroatoms. The second kappa shape index (κ2) is 7.15. The highest BCUT2D eigenvalue weighted by atomic mass is 19.1. The van der Waals surface area contributed by atoms with Gasteiger partial charge in [-0.2, -0.15) is 0 Å². The molecule has 0 atom stereocenters. The van der Waals surface area contributed by atoms with Gasteiger partial charge < -0.3 is 10.1 Å². The largest absolute Gasteiger partial charge is 0.381 e. The lowest BCUT2D eigenvalue weighted by Gasteiger charge is -2.36. The minimum atomic E-state index is -0.796. The van der Waals surface area contributed by atoms with Crippen molar-refractivity contribution in [2.75, 3.05) is 18.5 Å². The van der Waals surface area contributed by atoms with E-state index in [1.54, 1.807) is 36.4 Å². The SMILES string of the molecule is CC(=O)c1ccccc1NC(=O)C1(c2ccc(F)cc2)CCOCC1. The Balaban J connectivity index is 1.96. The van der Waals surface area contributed by atoms with Gasteiger partial charge in [-0.3, -0.25) is 9.59 Å². The number of rotatable bonds is 4. The quantitative estimate of drug-likeness (QED) is 0.863. The molecule has 1 heterocycles. The summed E-state index contributed by atoms with van der Waals surface area (Å²) >= 11 is 0. The van der Waals surface area contributed by atoms with Crippen LogP contribution in [0.25, 0.3) is 0 Å². The van der Waals surface area contributed by atoms with Crippen LogP contribution in [0.15, 0.2) is 48.5 Å². The molecule has 0 bridgehead atoms. The van der Waals surface area contributed by atoms with E-state index in [0.29, 0.717) is 37.3 Å². The summed E-state index contributed by atoms with van der Waals surface area (Å²) in [7, 11) is 0. The average Bonchev–Trinajstić information content (AvgIpc) is 2.63. The summed E-state index contributed by atoms with van der Waals surface area (Å²) in [5.74, 6) is -0.650. The summed E-state index contributed by atoms with van der Waals surface area (Å²) in [6.45, 7) is 2.38. The fourth-order valence-electron chi connectivity index (χ4n) is 3.28. The fraction of sp³-hybridized carbons (Fsp3) is 0.300. The number of para-hydroxylation sites is 1. The Hall–Kier alpha value is -2.53. The molecule has 1 aliphatic heterocycles. The Morgan fingerprint density at radius 3 is 2.32 bits per heavy atom. The van der Waals surface area contributed by atoms with E-state index in [4.69, 9.17) is 4.74 Å². The highest BCUT2D eigenvalue weighted by molar-refractivity contribution is 6.06. The molecule has 2 aromatic rings. The first-order valence-electron chi connectivity index (χ1n) is 8.28. The number of carbonyl (C=O) groups is 2. The van der Waals surface area contributed by atoms with Crippen molar-refractivity contribution in [3.63, 3.8) is 0 Å². The number of halogens is 1. The molecule has 0 aromatic heterocycles. The first kappa shape index (κ1) is 17.3. The van der Waals surface area contributed by atoms with Gasteiger partial charge in [-0.15, -0.1) is 0 Å². The van der Waals surface area contributed by atoms with Gasteiger partial charge in [0.05, 0.1) is 11.1 Å². The molecule has 0 saturated carbocycles. The van der Waals surface area contributed by atoms with Crippen molar-refractivity contribution < 1.29 is 18.7 Å². The number of hydrogen-bond acceptors (Lipinski definition) is 3. The number of nitrogens with one attached hydrogen (secondary N) is 1. The summed E-state index contributed by atoms with van der Waals surface area (Å²) in [5, 5.41) is 2.91. The number of ether oxygens (including phenoxy) is 1. The Bertz CT molecular complexity index is 780. The normalized spacial score (nSPS) is 16.2. The third-order valence-electron chi connectivity index (χ3n) is 4.73. The zero-order chi connectivity index (χ0) is 17.9. The Kier molecular flexibility index (Phi) is 4.95. The van der Waals surface area contributed by atoms with Crippen LogP contribution in [0.4, 0.5) is 10.1 Å². The first-order chi connectivity index (χ1) is 12.0. The van der Waals surface area contributed by atoms with E-state index < -0.39 is 5.41 Å². The lowest BCUT2D eigenvalue weighted by molar-refractivity contribution is -0.125.